The van der Waals surface area contributed by atoms with Crippen LogP contribution in [0.1, 0.15) is 32.4 Å². The molecule has 0 radical (unpaired) electrons. The summed E-state index contributed by atoms with van der Waals surface area (Å²) in [5, 5.41) is 5.95. The van der Waals surface area contributed by atoms with Gasteiger partial charge in [-0.1, -0.05) is 44.5 Å². The maximum atomic E-state index is 11.8. The Morgan fingerprint density at radius 3 is 2.50 bits per heavy atom. The first-order chi connectivity index (χ1) is 10.2. The van der Waals surface area contributed by atoms with E-state index in [1.807, 2.05) is 12.1 Å². The first kappa shape index (κ1) is 18.5. The highest BCUT2D eigenvalue weighted by molar-refractivity contribution is 6.30. The third kappa shape index (κ3) is 6.03. The van der Waals surface area contributed by atoms with Crippen molar-refractivity contribution in [1.82, 2.24) is 10.6 Å². The van der Waals surface area contributed by atoms with Crippen molar-refractivity contribution < 1.29 is 14.3 Å². The lowest BCUT2D eigenvalue weighted by atomic mass is 9.96. The Morgan fingerprint density at radius 2 is 1.95 bits per heavy atom. The van der Waals surface area contributed by atoms with Crippen molar-refractivity contribution in [3.8, 4) is 0 Å². The predicted molar refractivity (Wildman–Crippen MR) is 86.7 cm³/mol. The van der Waals surface area contributed by atoms with Crippen LogP contribution in [-0.4, -0.2) is 32.0 Å². The van der Waals surface area contributed by atoms with Gasteiger partial charge in [0.15, 0.2) is 0 Å². The highest BCUT2D eigenvalue weighted by Crippen LogP contribution is 2.19. The zero-order chi connectivity index (χ0) is 16.8. The predicted octanol–water partition coefficient (Wildman–Crippen LogP) is 2.31. The summed E-state index contributed by atoms with van der Waals surface area (Å²) in [6, 6.07) is 7.28. The maximum Gasteiger partial charge on any atom is 0.239 e. The Hall–Kier alpha value is -1.59. The van der Waals surface area contributed by atoms with Crippen LogP contribution in [0.3, 0.4) is 0 Å². The van der Waals surface area contributed by atoms with E-state index in [1.54, 1.807) is 40.0 Å². The van der Waals surface area contributed by atoms with Crippen LogP contribution in [-0.2, 0) is 14.3 Å². The summed E-state index contributed by atoms with van der Waals surface area (Å²) in [4.78, 5) is 23.5. The van der Waals surface area contributed by atoms with E-state index in [1.165, 1.54) is 0 Å². The van der Waals surface area contributed by atoms with Gasteiger partial charge < -0.3 is 15.4 Å². The third-order valence-corrected chi connectivity index (χ3v) is 3.32. The number of benzene rings is 1. The van der Waals surface area contributed by atoms with E-state index in [0.29, 0.717) is 11.6 Å². The van der Waals surface area contributed by atoms with Gasteiger partial charge in [0.1, 0.15) is 0 Å². The van der Waals surface area contributed by atoms with Crippen molar-refractivity contribution in [2.24, 2.45) is 5.41 Å². The molecule has 0 aliphatic carbocycles. The van der Waals surface area contributed by atoms with Crippen molar-refractivity contribution in [1.29, 1.82) is 0 Å². The minimum atomic E-state index is -0.518. The number of hydrogen-bond acceptors (Lipinski definition) is 3. The van der Waals surface area contributed by atoms with Gasteiger partial charge in [-0.3, -0.25) is 9.59 Å². The van der Waals surface area contributed by atoms with Crippen molar-refractivity contribution in [3.05, 3.63) is 34.9 Å². The quantitative estimate of drug-likeness (QED) is 0.843. The molecular weight excluding hydrogens is 304 g/mol. The van der Waals surface area contributed by atoms with E-state index < -0.39 is 5.41 Å². The molecule has 0 fully saturated rings. The third-order valence-electron chi connectivity index (χ3n) is 3.08. The second kappa shape index (κ2) is 8.15. The van der Waals surface area contributed by atoms with Gasteiger partial charge in [0.25, 0.3) is 0 Å². The highest BCUT2D eigenvalue weighted by Gasteiger charge is 2.21. The van der Waals surface area contributed by atoms with E-state index in [9.17, 15) is 9.59 Å². The number of methoxy groups -OCH3 is 1. The summed E-state index contributed by atoms with van der Waals surface area (Å²) in [7, 11) is 1.57. The standard InChI is InChI=1S/C16H23ClN2O3/c1-16(2,3)15(21)19-10-14(20)18-9-13(22-4)11-6-5-7-12(17)8-11/h5-8,13H,9-10H2,1-4H3,(H,18,20)(H,19,21). The van der Waals surface area contributed by atoms with Gasteiger partial charge in [0, 0.05) is 24.1 Å². The fourth-order valence-corrected chi connectivity index (χ4v) is 1.94. The molecule has 0 bridgehead atoms. The Kier molecular flexibility index (Phi) is 6.84. The van der Waals surface area contributed by atoms with Crippen LogP contribution in [0, 0.1) is 5.41 Å². The summed E-state index contributed by atoms with van der Waals surface area (Å²) in [5.41, 5.74) is 0.366. The lowest BCUT2D eigenvalue weighted by Crippen LogP contribution is -2.42. The molecule has 0 aliphatic heterocycles. The number of nitrogens with one attached hydrogen (secondary N) is 2. The molecule has 0 saturated carbocycles. The van der Waals surface area contributed by atoms with Gasteiger partial charge in [0.05, 0.1) is 12.6 Å². The zero-order valence-electron chi connectivity index (χ0n) is 13.4. The average molecular weight is 327 g/mol. The SMILES string of the molecule is COC(CNC(=O)CNC(=O)C(C)(C)C)c1cccc(Cl)c1. The number of carbonyl (C=O) groups excluding carboxylic acids is 2. The normalized spacial score (nSPS) is 12.6. The van der Waals surface area contributed by atoms with Crippen LogP contribution in [0.5, 0.6) is 0 Å². The largest absolute Gasteiger partial charge is 0.375 e. The fraction of sp³-hybridized carbons (Fsp3) is 0.500. The van der Waals surface area contributed by atoms with Gasteiger partial charge in [-0.05, 0) is 17.7 Å². The zero-order valence-corrected chi connectivity index (χ0v) is 14.2. The Bertz CT molecular complexity index is 526. The van der Waals surface area contributed by atoms with E-state index in [0.717, 1.165) is 5.56 Å². The van der Waals surface area contributed by atoms with Gasteiger partial charge in [-0.15, -0.1) is 0 Å². The summed E-state index contributed by atoms with van der Waals surface area (Å²) in [6.45, 7) is 5.63. The lowest BCUT2D eigenvalue weighted by molar-refractivity contribution is -0.131. The van der Waals surface area contributed by atoms with E-state index in [2.05, 4.69) is 10.6 Å². The topological polar surface area (TPSA) is 67.4 Å². The van der Waals surface area contributed by atoms with Crippen molar-refractivity contribution in [2.45, 2.75) is 26.9 Å². The Balaban J connectivity index is 2.47. The molecule has 22 heavy (non-hydrogen) atoms. The van der Waals surface area contributed by atoms with Gasteiger partial charge in [-0.25, -0.2) is 0 Å². The Labute approximate surface area is 136 Å². The van der Waals surface area contributed by atoms with Gasteiger partial charge in [-0.2, -0.15) is 0 Å². The second-order valence-electron chi connectivity index (χ2n) is 6.02. The molecule has 0 aromatic heterocycles. The first-order valence-corrected chi connectivity index (χ1v) is 7.45. The number of halogens is 1. The fourth-order valence-electron chi connectivity index (χ4n) is 1.74. The van der Waals surface area contributed by atoms with Crippen LogP contribution in [0.2, 0.25) is 5.02 Å². The lowest BCUT2D eigenvalue weighted by Gasteiger charge is -2.19. The molecule has 1 aromatic carbocycles. The van der Waals surface area contributed by atoms with E-state index in [4.69, 9.17) is 16.3 Å². The molecule has 5 nitrogen and oxygen atoms in total. The molecule has 1 unspecified atom stereocenters. The summed E-state index contributed by atoms with van der Waals surface area (Å²) < 4.78 is 5.36. The highest BCUT2D eigenvalue weighted by atomic mass is 35.5. The molecule has 122 valence electrons. The van der Waals surface area contributed by atoms with E-state index >= 15 is 0 Å². The molecule has 0 saturated heterocycles. The second-order valence-corrected chi connectivity index (χ2v) is 6.45. The molecule has 1 aromatic rings. The number of ether oxygens (including phenoxy) is 1. The van der Waals surface area contributed by atoms with Crippen LogP contribution < -0.4 is 10.6 Å². The molecular formula is C16H23ClN2O3. The van der Waals surface area contributed by atoms with E-state index in [-0.39, 0.29) is 24.5 Å². The molecule has 1 atom stereocenters. The van der Waals surface area contributed by atoms with Crippen LogP contribution in [0.15, 0.2) is 24.3 Å². The first-order valence-electron chi connectivity index (χ1n) is 7.07. The minimum Gasteiger partial charge on any atom is -0.375 e. The molecule has 0 spiro atoms. The summed E-state index contributed by atoms with van der Waals surface area (Å²) in [6.07, 6.45) is -0.291. The number of hydrogen-bond donors (Lipinski definition) is 2. The van der Waals surface area contributed by atoms with Crippen LogP contribution >= 0.6 is 11.6 Å². The van der Waals surface area contributed by atoms with Crippen LogP contribution in [0.25, 0.3) is 0 Å². The summed E-state index contributed by atoms with van der Waals surface area (Å²) in [5.74, 6) is -0.428. The number of rotatable bonds is 6. The molecule has 0 aliphatic rings. The average Bonchev–Trinajstić information content (AvgIpc) is 2.44. The molecule has 0 heterocycles. The van der Waals surface area contributed by atoms with Crippen molar-refractivity contribution in [2.75, 3.05) is 20.2 Å². The molecule has 6 heteroatoms. The molecule has 2 amide bonds. The van der Waals surface area contributed by atoms with Crippen LogP contribution in [0.4, 0.5) is 0 Å². The molecule has 2 N–H and O–H groups in total. The Morgan fingerprint density at radius 1 is 1.27 bits per heavy atom. The summed E-state index contributed by atoms with van der Waals surface area (Å²) >= 11 is 5.95. The molecule has 1 rings (SSSR count). The van der Waals surface area contributed by atoms with Gasteiger partial charge in [0.2, 0.25) is 11.8 Å². The monoisotopic (exact) mass is 326 g/mol. The smallest absolute Gasteiger partial charge is 0.239 e. The minimum absolute atomic E-state index is 0.0535. The van der Waals surface area contributed by atoms with Gasteiger partial charge >= 0.3 is 0 Å². The number of amides is 2. The maximum absolute atomic E-state index is 11.8. The number of carbonyl (C=O) groups is 2. The van der Waals surface area contributed by atoms with Crippen molar-refractivity contribution >= 4 is 23.4 Å². The van der Waals surface area contributed by atoms with Crippen molar-refractivity contribution in [3.63, 3.8) is 0 Å².